The largest absolute Gasteiger partial charge is 0.342 e. The number of likely N-dealkylation sites (tertiary alicyclic amines) is 1. The highest BCUT2D eigenvalue weighted by molar-refractivity contribution is 5.78. The Labute approximate surface area is 115 Å². The first kappa shape index (κ1) is 14.0. The molecular formula is C15H23N3O. The molecule has 0 bridgehead atoms. The summed E-state index contributed by atoms with van der Waals surface area (Å²) in [6.45, 7) is 4.80. The van der Waals surface area contributed by atoms with Crippen LogP contribution in [0.1, 0.15) is 24.1 Å². The van der Waals surface area contributed by atoms with Crippen molar-refractivity contribution in [2.24, 2.45) is 5.92 Å². The van der Waals surface area contributed by atoms with Crippen molar-refractivity contribution in [1.82, 2.24) is 15.2 Å². The first-order chi connectivity index (χ1) is 9.19. The number of rotatable bonds is 4. The first-order valence-electron chi connectivity index (χ1n) is 7.03. The molecule has 0 unspecified atom stereocenters. The average Bonchev–Trinajstić information content (AvgIpc) is 2.42. The molecule has 0 spiro atoms. The number of hydrogen-bond donors (Lipinski definition) is 1. The van der Waals surface area contributed by atoms with Crippen LogP contribution in [-0.2, 0) is 11.2 Å². The monoisotopic (exact) mass is 261 g/mol. The molecule has 1 amide bonds. The van der Waals surface area contributed by atoms with Crippen molar-refractivity contribution < 1.29 is 4.79 Å². The summed E-state index contributed by atoms with van der Waals surface area (Å²) in [6, 6.07) is 3.95. The molecule has 1 aromatic heterocycles. The van der Waals surface area contributed by atoms with E-state index >= 15 is 0 Å². The van der Waals surface area contributed by atoms with Crippen LogP contribution in [0.3, 0.4) is 0 Å². The van der Waals surface area contributed by atoms with E-state index in [1.165, 1.54) is 0 Å². The van der Waals surface area contributed by atoms with Crippen LogP contribution in [0.25, 0.3) is 0 Å². The zero-order valence-electron chi connectivity index (χ0n) is 11.9. The predicted octanol–water partition coefficient (Wildman–Crippen LogP) is 1.39. The Balaban J connectivity index is 1.83. The van der Waals surface area contributed by atoms with Gasteiger partial charge in [-0.05, 0) is 50.9 Å². The van der Waals surface area contributed by atoms with Gasteiger partial charge in [-0.2, -0.15) is 0 Å². The fourth-order valence-electron chi connectivity index (χ4n) is 2.56. The molecule has 0 aromatic carbocycles. The number of aromatic nitrogens is 1. The van der Waals surface area contributed by atoms with Crippen molar-refractivity contribution in [2.75, 3.05) is 26.7 Å². The van der Waals surface area contributed by atoms with Gasteiger partial charge >= 0.3 is 0 Å². The van der Waals surface area contributed by atoms with E-state index in [9.17, 15) is 4.79 Å². The van der Waals surface area contributed by atoms with Gasteiger partial charge in [-0.3, -0.25) is 9.78 Å². The van der Waals surface area contributed by atoms with Gasteiger partial charge in [0.2, 0.25) is 5.91 Å². The second kappa shape index (κ2) is 6.66. The lowest BCUT2D eigenvalue weighted by Gasteiger charge is -2.32. The Morgan fingerprint density at radius 1 is 1.42 bits per heavy atom. The molecule has 2 heterocycles. The second-order valence-corrected chi connectivity index (χ2v) is 5.37. The Morgan fingerprint density at radius 3 is 2.74 bits per heavy atom. The van der Waals surface area contributed by atoms with Gasteiger partial charge in [-0.15, -0.1) is 0 Å². The van der Waals surface area contributed by atoms with Crippen molar-refractivity contribution in [1.29, 1.82) is 0 Å². The molecule has 1 fully saturated rings. The third kappa shape index (κ3) is 4.03. The number of carbonyl (C=O) groups is 1. The summed E-state index contributed by atoms with van der Waals surface area (Å²) in [5.74, 6) is 0.948. The minimum absolute atomic E-state index is 0.230. The predicted molar refractivity (Wildman–Crippen MR) is 75.9 cm³/mol. The highest BCUT2D eigenvalue weighted by atomic mass is 16.2. The van der Waals surface area contributed by atoms with Crippen molar-refractivity contribution in [3.63, 3.8) is 0 Å². The lowest BCUT2D eigenvalue weighted by molar-refractivity contribution is -0.131. The summed E-state index contributed by atoms with van der Waals surface area (Å²) in [6.07, 6.45) is 4.50. The molecule has 2 rings (SSSR count). The topological polar surface area (TPSA) is 45.2 Å². The molecule has 1 aliphatic rings. The zero-order valence-corrected chi connectivity index (χ0v) is 11.9. The van der Waals surface area contributed by atoms with Gasteiger partial charge in [-0.1, -0.05) is 6.07 Å². The minimum Gasteiger partial charge on any atom is -0.342 e. The Kier molecular flexibility index (Phi) is 4.91. The van der Waals surface area contributed by atoms with Crippen molar-refractivity contribution >= 4 is 5.91 Å². The summed E-state index contributed by atoms with van der Waals surface area (Å²) in [5.41, 5.74) is 2.00. The Bertz CT molecular complexity index is 408. The second-order valence-electron chi connectivity index (χ2n) is 5.37. The first-order valence-corrected chi connectivity index (χ1v) is 7.03. The number of pyridine rings is 1. The Hall–Kier alpha value is -1.42. The molecule has 1 aliphatic heterocycles. The summed E-state index contributed by atoms with van der Waals surface area (Å²) >= 11 is 0. The van der Waals surface area contributed by atoms with Crippen LogP contribution in [0.4, 0.5) is 0 Å². The molecule has 19 heavy (non-hydrogen) atoms. The molecule has 1 N–H and O–H groups in total. The maximum atomic E-state index is 12.2. The molecule has 4 heteroatoms. The molecule has 104 valence electrons. The number of hydrogen-bond acceptors (Lipinski definition) is 3. The van der Waals surface area contributed by atoms with Crippen LogP contribution in [0.5, 0.6) is 0 Å². The Morgan fingerprint density at radius 2 is 2.16 bits per heavy atom. The van der Waals surface area contributed by atoms with Gasteiger partial charge in [0.15, 0.2) is 0 Å². The maximum absolute atomic E-state index is 12.2. The van der Waals surface area contributed by atoms with Crippen LogP contribution in [0.2, 0.25) is 0 Å². The summed E-state index contributed by atoms with van der Waals surface area (Å²) in [5, 5.41) is 3.21. The van der Waals surface area contributed by atoms with Crippen molar-refractivity contribution in [3.8, 4) is 0 Å². The van der Waals surface area contributed by atoms with E-state index in [-0.39, 0.29) is 5.91 Å². The van der Waals surface area contributed by atoms with Gasteiger partial charge in [0, 0.05) is 25.0 Å². The fraction of sp³-hybridized carbons (Fsp3) is 0.600. The molecule has 0 radical (unpaired) electrons. The number of nitrogens with one attached hydrogen (secondary N) is 1. The van der Waals surface area contributed by atoms with Crippen LogP contribution < -0.4 is 5.32 Å². The molecule has 1 aromatic rings. The smallest absolute Gasteiger partial charge is 0.227 e. The van der Waals surface area contributed by atoms with E-state index in [1.807, 2.05) is 31.0 Å². The zero-order chi connectivity index (χ0) is 13.7. The van der Waals surface area contributed by atoms with Crippen LogP contribution >= 0.6 is 0 Å². The van der Waals surface area contributed by atoms with E-state index in [1.54, 1.807) is 6.20 Å². The summed E-state index contributed by atoms with van der Waals surface area (Å²) in [7, 11) is 1.99. The van der Waals surface area contributed by atoms with Crippen LogP contribution in [-0.4, -0.2) is 42.5 Å². The van der Waals surface area contributed by atoms with Gasteiger partial charge in [0.25, 0.3) is 0 Å². The van der Waals surface area contributed by atoms with Crippen LogP contribution in [0, 0.1) is 12.8 Å². The summed E-state index contributed by atoms with van der Waals surface area (Å²) in [4.78, 5) is 18.4. The van der Waals surface area contributed by atoms with Gasteiger partial charge < -0.3 is 10.2 Å². The number of piperidine rings is 1. The fourth-order valence-corrected chi connectivity index (χ4v) is 2.56. The quantitative estimate of drug-likeness (QED) is 0.891. The van der Waals surface area contributed by atoms with E-state index in [4.69, 9.17) is 0 Å². The van der Waals surface area contributed by atoms with E-state index in [2.05, 4.69) is 10.3 Å². The average molecular weight is 261 g/mol. The van der Waals surface area contributed by atoms with Crippen LogP contribution in [0.15, 0.2) is 18.3 Å². The van der Waals surface area contributed by atoms with Gasteiger partial charge in [0.1, 0.15) is 0 Å². The minimum atomic E-state index is 0.230. The summed E-state index contributed by atoms with van der Waals surface area (Å²) < 4.78 is 0. The third-order valence-electron chi connectivity index (χ3n) is 3.79. The number of nitrogens with zero attached hydrogens (tertiary/aromatic N) is 2. The highest BCUT2D eigenvalue weighted by Crippen LogP contribution is 2.17. The van der Waals surface area contributed by atoms with E-state index < -0.39 is 0 Å². The molecule has 0 atom stereocenters. The number of amides is 1. The van der Waals surface area contributed by atoms with E-state index in [0.717, 1.165) is 49.7 Å². The highest BCUT2D eigenvalue weighted by Gasteiger charge is 2.22. The van der Waals surface area contributed by atoms with Crippen molar-refractivity contribution in [2.45, 2.75) is 26.2 Å². The molecular weight excluding hydrogens is 238 g/mol. The normalized spacial score (nSPS) is 16.6. The third-order valence-corrected chi connectivity index (χ3v) is 3.79. The maximum Gasteiger partial charge on any atom is 0.227 e. The number of carbonyl (C=O) groups excluding carboxylic acids is 1. The van der Waals surface area contributed by atoms with Gasteiger partial charge in [0.05, 0.1) is 6.42 Å². The molecule has 1 saturated heterocycles. The number of aryl methyl sites for hydroxylation is 1. The standard InChI is InChI=1S/C15H23N3O/c1-12-3-4-14(11-17-12)9-15(19)18-7-5-13(6-8-18)10-16-2/h3-4,11,13,16H,5-10H2,1-2H3. The van der Waals surface area contributed by atoms with Crippen molar-refractivity contribution in [3.05, 3.63) is 29.6 Å². The molecule has 4 nitrogen and oxygen atoms in total. The molecule has 0 saturated carbocycles. The molecule has 0 aliphatic carbocycles. The van der Waals surface area contributed by atoms with Gasteiger partial charge in [-0.25, -0.2) is 0 Å². The lowest BCUT2D eigenvalue weighted by atomic mass is 9.96. The lowest BCUT2D eigenvalue weighted by Crippen LogP contribution is -2.41. The SMILES string of the molecule is CNCC1CCN(C(=O)Cc2ccc(C)nc2)CC1. The van der Waals surface area contributed by atoms with E-state index in [0.29, 0.717) is 6.42 Å².